The second-order valence-corrected chi connectivity index (χ2v) is 3.59. The SMILES string of the molecule is C=CC(C)N1C(=O)[C@H](CCO)NC1=S. The Hall–Kier alpha value is -0.940. The Morgan fingerprint density at radius 1 is 1.86 bits per heavy atom. The fraction of sp³-hybridized carbons (Fsp3) is 0.556. The molecule has 2 N–H and O–H groups in total. The highest BCUT2D eigenvalue weighted by molar-refractivity contribution is 7.80. The molecule has 1 aliphatic heterocycles. The lowest BCUT2D eigenvalue weighted by Crippen LogP contribution is -2.37. The molecular weight excluding hydrogens is 200 g/mol. The predicted molar refractivity (Wildman–Crippen MR) is 57.7 cm³/mol. The van der Waals surface area contributed by atoms with Gasteiger partial charge in [0.15, 0.2) is 5.11 Å². The molecule has 1 amide bonds. The van der Waals surface area contributed by atoms with E-state index in [4.69, 9.17) is 17.3 Å². The first-order valence-electron chi connectivity index (χ1n) is 4.48. The zero-order chi connectivity index (χ0) is 10.7. The van der Waals surface area contributed by atoms with Crippen molar-refractivity contribution in [2.45, 2.75) is 25.4 Å². The van der Waals surface area contributed by atoms with Gasteiger partial charge in [0, 0.05) is 6.61 Å². The number of aliphatic hydroxyl groups is 1. The molecule has 1 unspecified atom stereocenters. The molecule has 1 rings (SSSR count). The third-order valence-electron chi connectivity index (χ3n) is 2.22. The molecular formula is C9H14N2O2S. The summed E-state index contributed by atoms with van der Waals surface area (Å²) in [6, 6.07) is -0.485. The summed E-state index contributed by atoms with van der Waals surface area (Å²) in [4.78, 5) is 13.2. The number of nitrogens with one attached hydrogen (secondary N) is 1. The highest BCUT2D eigenvalue weighted by atomic mass is 32.1. The van der Waals surface area contributed by atoms with Crippen LogP contribution in [0, 0.1) is 0 Å². The third kappa shape index (κ3) is 1.93. The average Bonchev–Trinajstić information content (AvgIpc) is 2.42. The molecule has 0 aromatic carbocycles. The monoisotopic (exact) mass is 214 g/mol. The van der Waals surface area contributed by atoms with Gasteiger partial charge >= 0.3 is 0 Å². The number of carbonyl (C=O) groups excluding carboxylic acids is 1. The van der Waals surface area contributed by atoms with Crippen LogP contribution in [0.4, 0.5) is 0 Å². The number of thiocarbonyl (C=S) groups is 1. The molecule has 0 bridgehead atoms. The Morgan fingerprint density at radius 3 is 3.00 bits per heavy atom. The molecule has 4 nitrogen and oxygen atoms in total. The van der Waals surface area contributed by atoms with Crippen LogP contribution in [0.1, 0.15) is 13.3 Å². The Labute approximate surface area is 88.6 Å². The minimum atomic E-state index is -0.380. The number of hydrogen-bond acceptors (Lipinski definition) is 3. The molecule has 1 heterocycles. The van der Waals surface area contributed by atoms with Gasteiger partial charge in [-0.1, -0.05) is 6.08 Å². The first-order chi connectivity index (χ1) is 6.61. The van der Waals surface area contributed by atoms with Crippen molar-refractivity contribution in [3.63, 3.8) is 0 Å². The maximum atomic E-state index is 11.7. The van der Waals surface area contributed by atoms with Gasteiger partial charge < -0.3 is 10.4 Å². The molecule has 0 aromatic rings. The molecule has 1 fully saturated rings. The zero-order valence-corrected chi connectivity index (χ0v) is 8.88. The maximum Gasteiger partial charge on any atom is 0.251 e. The number of aliphatic hydroxyl groups excluding tert-OH is 1. The van der Waals surface area contributed by atoms with E-state index in [1.54, 1.807) is 6.08 Å². The number of nitrogens with zero attached hydrogens (tertiary/aromatic N) is 1. The van der Waals surface area contributed by atoms with Crippen LogP contribution in [-0.4, -0.2) is 39.7 Å². The Bertz CT molecular complexity index is 268. The molecule has 1 saturated heterocycles. The lowest BCUT2D eigenvalue weighted by atomic mass is 10.2. The lowest BCUT2D eigenvalue weighted by Gasteiger charge is -2.19. The second-order valence-electron chi connectivity index (χ2n) is 3.20. The van der Waals surface area contributed by atoms with Crippen molar-refractivity contribution >= 4 is 23.2 Å². The van der Waals surface area contributed by atoms with Gasteiger partial charge in [-0.2, -0.15) is 0 Å². The van der Waals surface area contributed by atoms with Crippen LogP contribution in [0.5, 0.6) is 0 Å². The van der Waals surface area contributed by atoms with E-state index in [0.29, 0.717) is 11.5 Å². The van der Waals surface area contributed by atoms with Gasteiger partial charge in [0.05, 0.1) is 6.04 Å². The van der Waals surface area contributed by atoms with Crippen molar-refractivity contribution in [3.8, 4) is 0 Å². The van der Waals surface area contributed by atoms with Crippen LogP contribution in [0.25, 0.3) is 0 Å². The molecule has 0 spiro atoms. The summed E-state index contributed by atoms with van der Waals surface area (Å²) in [7, 11) is 0. The van der Waals surface area contributed by atoms with Crippen molar-refractivity contribution in [1.29, 1.82) is 0 Å². The number of carbonyl (C=O) groups is 1. The van der Waals surface area contributed by atoms with Crippen molar-refractivity contribution in [2.75, 3.05) is 6.61 Å². The highest BCUT2D eigenvalue weighted by Gasteiger charge is 2.36. The van der Waals surface area contributed by atoms with Gasteiger partial charge in [0.1, 0.15) is 6.04 Å². The summed E-state index contributed by atoms with van der Waals surface area (Å²) in [6.45, 7) is 5.44. The second kappa shape index (κ2) is 4.52. The van der Waals surface area contributed by atoms with Gasteiger partial charge in [-0.05, 0) is 25.6 Å². The molecule has 0 saturated carbocycles. The van der Waals surface area contributed by atoms with Crippen molar-refractivity contribution in [2.24, 2.45) is 0 Å². The molecule has 5 heteroatoms. The summed E-state index contributed by atoms with van der Waals surface area (Å²) < 4.78 is 0. The lowest BCUT2D eigenvalue weighted by molar-refractivity contribution is -0.128. The highest BCUT2D eigenvalue weighted by Crippen LogP contribution is 2.13. The van der Waals surface area contributed by atoms with E-state index in [1.807, 2.05) is 6.92 Å². The van der Waals surface area contributed by atoms with Crippen LogP contribution in [0.15, 0.2) is 12.7 Å². The van der Waals surface area contributed by atoms with Gasteiger partial charge in [-0.15, -0.1) is 6.58 Å². The largest absolute Gasteiger partial charge is 0.396 e. The summed E-state index contributed by atoms with van der Waals surface area (Å²) >= 11 is 5.02. The normalized spacial score (nSPS) is 23.6. The van der Waals surface area contributed by atoms with Crippen LogP contribution in [-0.2, 0) is 4.79 Å². The molecule has 0 aliphatic carbocycles. The van der Waals surface area contributed by atoms with E-state index < -0.39 is 0 Å². The van der Waals surface area contributed by atoms with E-state index in [9.17, 15) is 4.79 Å². The average molecular weight is 214 g/mol. The summed E-state index contributed by atoms with van der Waals surface area (Å²) in [5.74, 6) is -0.0866. The molecule has 0 radical (unpaired) electrons. The Balaban J connectivity index is 2.74. The number of hydrogen-bond donors (Lipinski definition) is 2. The number of amides is 1. The van der Waals surface area contributed by atoms with Gasteiger partial charge in [0.2, 0.25) is 0 Å². The smallest absolute Gasteiger partial charge is 0.251 e. The summed E-state index contributed by atoms with van der Waals surface area (Å²) in [6.07, 6.45) is 2.05. The number of rotatable bonds is 4. The van der Waals surface area contributed by atoms with Crippen molar-refractivity contribution in [1.82, 2.24) is 10.2 Å². The predicted octanol–water partition coefficient (Wildman–Crippen LogP) is 0.0286. The van der Waals surface area contributed by atoms with Crippen LogP contribution in [0.3, 0.4) is 0 Å². The van der Waals surface area contributed by atoms with Crippen LogP contribution in [0.2, 0.25) is 0 Å². The van der Waals surface area contributed by atoms with E-state index in [2.05, 4.69) is 11.9 Å². The zero-order valence-electron chi connectivity index (χ0n) is 8.06. The molecule has 14 heavy (non-hydrogen) atoms. The van der Waals surface area contributed by atoms with E-state index in [1.165, 1.54) is 4.90 Å². The van der Waals surface area contributed by atoms with Crippen LogP contribution >= 0.6 is 12.2 Å². The van der Waals surface area contributed by atoms with Gasteiger partial charge in [0.25, 0.3) is 5.91 Å². The van der Waals surface area contributed by atoms with E-state index in [-0.39, 0.29) is 24.6 Å². The Morgan fingerprint density at radius 2 is 2.50 bits per heavy atom. The van der Waals surface area contributed by atoms with E-state index >= 15 is 0 Å². The summed E-state index contributed by atoms with van der Waals surface area (Å²) in [5, 5.41) is 12.0. The van der Waals surface area contributed by atoms with Crippen molar-refractivity contribution < 1.29 is 9.90 Å². The minimum Gasteiger partial charge on any atom is -0.396 e. The Kier molecular flexibility index (Phi) is 3.60. The molecule has 78 valence electrons. The van der Waals surface area contributed by atoms with Crippen molar-refractivity contribution in [3.05, 3.63) is 12.7 Å². The molecule has 2 atom stereocenters. The topological polar surface area (TPSA) is 52.6 Å². The first-order valence-corrected chi connectivity index (χ1v) is 4.89. The maximum absolute atomic E-state index is 11.7. The van der Waals surface area contributed by atoms with Gasteiger partial charge in [-0.25, -0.2) is 0 Å². The fourth-order valence-electron chi connectivity index (χ4n) is 1.36. The fourth-order valence-corrected chi connectivity index (χ4v) is 1.76. The first kappa shape index (κ1) is 11.1. The van der Waals surface area contributed by atoms with Gasteiger partial charge in [-0.3, -0.25) is 9.69 Å². The minimum absolute atomic E-state index is 0.0255. The molecule has 1 aliphatic rings. The summed E-state index contributed by atoms with van der Waals surface area (Å²) in [5.41, 5.74) is 0. The quantitative estimate of drug-likeness (QED) is 0.512. The third-order valence-corrected chi connectivity index (χ3v) is 2.53. The molecule has 0 aromatic heterocycles. The van der Waals surface area contributed by atoms with Crippen LogP contribution < -0.4 is 5.32 Å². The van der Waals surface area contributed by atoms with E-state index in [0.717, 1.165) is 0 Å². The standard InChI is InChI=1S/C9H14N2O2S/c1-3-6(2)11-8(13)7(4-5-12)10-9(11)14/h3,6-7,12H,1,4-5H2,2H3,(H,10,14)/t6?,7-/m0/s1.